The van der Waals surface area contributed by atoms with Crippen molar-refractivity contribution in [2.45, 2.75) is 134 Å². The molecular weight excluding hydrogens is 952 g/mol. The number of fused-ring (bicyclic) bond motifs is 5. The molecule has 4 heterocycles. The van der Waals surface area contributed by atoms with Gasteiger partial charge in [-0.05, 0) is 116 Å². The molecule has 4 amide bonds. The van der Waals surface area contributed by atoms with Crippen molar-refractivity contribution in [2.75, 3.05) is 18.4 Å². The van der Waals surface area contributed by atoms with E-state index >= 15 is 4.39 Å². The van der Waals surface area contributed by atoms with Crippen molar-refractivity contribution in [1.82, 2.24) is 25.5 Å². The number of nitrogens with zero attached hydrogens (tertiary/aromatic N) is 5. The van der Waals surface area contributed by atoms with E-state index in [4.69, 9.17) is 25.7 Å². The molecule has 0 unspecified atom stereocenters. The highest BCUT2D eigenvalue weighted by molar-refractivity contribution is 5.98. The average Bonchev–Trinajstić information content (AvgIpc) is 3.77. The van der Waals surface area contributed by atoms with E-state index in [-0.39, 0.29) is 56.1 Å². The van der Waals surface area contributed by atoms with Gasteiger partial charge in [0.05, 0.1) is 35.1 Å². The maximum absolute atomic E-state index is 15.4. The first-order valence-corrected chi connectivity index (χ1v) is 25.2. The van der Waals surface area contributed by atoms with Crippen molar-refractivity contribution in [3.05, 3.63) is 138 Å². The van der Waals surface area contributed by atoms with Crippen LogP contribution in [0.15, 0.2) is 76.6 Å². The van der Waals surface area contributed by atoms with Gasteiger partial charge >= 0.3 is 12.1 Å². The molecule has 3 aliphatic rings. The van der Waals surface area contributed by atoms with Crippen LogP contribution in [0.5, 0.6) is 0 Å². The molecule has 1 aliphatic carbocycles. The molecule has 0 radical (unpaired) electrons. The highest BCUT2D eigenvalue weighted by Gasteiger charge is 2.46. The highest BCUT2D eigenvalue weighted by atomic mass is 19.1. The van der Waals surface area contributed by atoms with E-state index in [2.05, 4.69) is 31.3 Å². The zero-order valence-electron chi connectivity index (χ0n) is 41.5. The Labute approximate surface area is 426 Å². The number of hydrogen-bond acceptors (Lipinski definition) is 12. The number of carbonyl (C=O) groups is 5. The summed E-state index contributed by atoms with van der Waals surface area (Å²) in [6.45, 7) is 3.78. The molecule has 0 saturated heterocycles. The lowest BCUT2D eigenvalue weighted by atomic mass is 9.81. The Bertz CT molecular complexity index is 3070. The number of ether oxygens (including phenoxy) is 2. The van der Waals surface area contributed by atoms with Crippen molar-refractivity contribution in [2.24, 2.45) is 10.8 Å². The fourth-order valence-corrected chi connectivity index (χ4v) is 10.2. The zero-order chi connectivity index (χ0) is 52.5. The van der Waals surface area contributed by atoms with Gasteiger partial charge in [-0.2, -0.15) is 0 Å². The van der Waals surface area contributed by atoms with Crippen LogP contribution in [0.2, 0.25) is 0 Å². The zero-order valence-corrected chi connectivity index (χ0v) is 41.5. The molecular formula is C54H61FN10O9. The molecule has 4 atom stereocenters. The smallest absolute Gasteiger partial charge is 0.407 e. The first-order valence-electron chi connectivity index (χ1n) is 25.2. The molecule has 0 spiro atoms. The Balaban J connectivity index is 0.926. The molecule has 7 N–H and O–H groups in total. The Kier molecular flexibility index (Phi) is 16.7. The number of pyridine rings is 2. The third kappa shape index (κ3) is 11.4. The molecule has 74 heavy (non-hydrogen) atoms. The summed E-state index contributed by atoms with van der Waals surface area (Å²) in [5, 5.41) is 27.3. The minimum absolute atomic E-state index is 0.0293. The number of hydrogen-bond donors (Lipinski definition) is 6. The molecule has 5 aromatic rings. The van der Waals surface area contributed by atoms with Gasteiger partial charge in [0.25, 0.3) is 5.56 Å². The number of aryl methyl sites for hydroxylation is 1. The molecule has 2 aromatic heterocycles. The number of aliphatic hydroxyl groups is 1. The number of unbranched alkanes of at least 4 members (excludes halogenated alkanes) is 4. The van der Waals surface area contributed by atoms with Crippen LogP contribution in [0.1, 0.15) is 122 Å². The van der Waals surface area contributed by atoms with E-state index in [1.807, 2.05) is 30.3 Å². The minimum atomic E-state index is -2.03. The van der Waals surface area contributed by atoms with Gasteiger partial charge in [-0.15, -0.1) is 0 Å². The minimum Gasteiger partial charge on any atom is -0.458 e. The van der Waals surface area contributed by atoms with Crippen LogP contribution in [-0.2, 0) is 66.9 Å². The lowest BCUT2D eigenvalue weighted by Gasteiger charge is -2.31. The van der Waals surface area contributed by atoms with Crippen molar-refractivity contribution >= 4 is 46.4 Å². The van der Waals surface area contributed by atoms with Gasteiger partial charge in [0.1, 0.15) is 31.1 Å². The first kappa shape index (κ1) is 52.6. The Morgan fingerprint density at radius 3 is 2.49 bits per heavy atom. The van der Waals surface area contributed by atoms with E-state index in [0.717, 1.165) is 30.4 Å². The van der Waals surface area contributed by atoms with Crippen molar-refractivity contribution in [1.29, 1.82) is 0 Å². The van der Waals surface area contributed by atoms with E-state index in [1.165, 1.54) is 10.6 Å². The highest BCUT2D eigenvalue weighted by Crippen LogP contribution is 2.46. The number of cyclic esters (lactones) is 1. The molecule has 20 heteroatoms. The quantitative estimate of drug-likeness (QED) is 0.0133. The number of aromatic nitrogens is 2. The second kappa shape index (κ2) is 23.5. The molecule has 2 aliphatic heterocycles. The molecule has 8 rings (SSSR count). The maximum atomic E-state index is 15.4. The summed E-state index contributed by atoms with van der Waals surface area (Å²) in [6, 6.07) is 16.4. The summed E-state index contributed by atoms with van der Waals surface area (Å²) < 4.78 is 27.9. The number of anilines is 1. The summed E-state index contributed by atoms with van der Waals surface area (Å²) in [7, 11) is 0. The summed E-state index contributed by atoms with van der Waals surface area (Å²) in [6.07, 6.45) is 4.85. The molecule has 3 aromatic carbocycles. The molecule has 0 bridgehead atoms. The summed E-state index contributed by atoms with van der Waals surface area (Å²) >= 11 is 0. The Hall–Kier alpha value is -7.67. The summed E-state index contributed by atoms with van der Waals surface area (Å²) in [5.41, 5.74) is 17.6. The fourth-order valence-electron chi connectivity index (χ4n) is 10.2. The largest absolute Gasteiger partial charge is 0.458 e. The number of carbonyl (C=O) groups excluding carboxylic acids is 5. The monoisotopic (exact) mass is 1010 g/mol. The Morgan fingerprint density at radius 1 is 0.973 bits per heavy atom. The van der Waals surface area contributed by atoms with Crippen LogP contribution in [0.4, 0.5) is 14.9 Å². The lowest BCUT2D eigenvalue weighted by molar-refractivity contribution is -0.172. The van der Waals surface area contributed by atoms with Gasteiger partial charge in [0.15, 0.2) is 5.60 Å². The normalized spacial score (nSPS) is 16.9. The van der Waals surface area contributed by atoms with Gasteiger partial charge in [-0.25, -0.2) is 19.0 Å². The fraction of sp³-hybridized carbons (Fsp3) is 0.426. The lowest BCUT2D eigenvalue weighted by Crippen LogP contribution is -2.53. The number of rotatable bonds is 22. The van der Waals surface area contributed by atoms with E-state index < -0.39 is 59.0 Å². The third-order valence-electron chi connectivity index (χ3n) is 14.3. The molecule has 0 fully saturated rings. The van der Waals surface area contributed by atoms with Gasteiger partial charge in [-0.3, -0.25) is 19.2 Å². The SMILES string of the molecule is CC[C@@]1(O)C(=O)OCc2c1cc1n(c2=O)Cc2c-1nc1cc(F)c(C)c3c1c2[C@@H](NC(=O)OCc1ccc(NC(=O)[C@H](CCCCN)NC(=O)[C@H](Cc2ccccc2)NC(=O)CCCCCCN=[N+]=[N-])cc1)CC3. The first-order chi connectivity index (χ1) is 35.7. The van der Waals surface area contributed by atoms with E-state index in [0.29, 0.717) is 102 Å². The number of alkyl carbamates (subject to hydrolysis) is 1. The van der Waals surface area contributed by atoms with Crippen LogP contribution in [0, 0.1) is 12.7 Å². The number of benzene rings is 3. The van der Waals surface area contributed by atoms with Gasteiger partial charge in [0.2, 0.25) is 17.7 Å². The van der Waals surface area contributed by atoms with Crippen LogP contribution < -0.4 is 32.6 Å². The third-order valence-corrected chi connectivity index (χ3v) is 14.3. The van der Waals surface area contributed by atoms with Gasteiger partial charge in [0, 0.05) is 52.6 Å². The number of azide groups is 1. The maximum Gasteiger partial charge on any atom is 0.407 e. The second-order valence-electron chi connectivity index (χ2n) is 19.1. The second-order valence-corrected chi connectivity index (χ2v) is 19.1. The van der Waals surface area contributed by atoms with Crippen molar-refractivity contribution < 1.29 is 42.9 Å². The number of nitrogens with one attached hydrogen (secondary N) is 4. The molecule has 388 valence electrons. The van der Waals surface area contributed by atoms with Crippen molar-refractivity contribution in [3.8, 4) is 11.4 Å². The van der Waals surface area contributed by atoms with E-state index in [9.17, 15) is 33.9 Å². The topological polar surface area (TPSA) is 282 Å². The van der Waals surface area contributed by atoms with Crippen molar-refractivity contribution in [3.63, 3.8) is 0 Å². The van der Waals surface area contributed by atoms with E-state index in [1.54, 1.807) is 44.2 Å². The van der Waals surface area contributed by atoms with Crippen LogP contribution in [-0.4, -0.2) is 69.6 Å². The summed E-state index contributed by atoms with van der Waals surface area (Å²) in [4.78, 5) is 88.9. The number of esters is 1. The number of amides is 4. The number of nitrogens with two attached hydrogens (primary N) is 1. The predicted molar refractivity (Wildman–Crippen MR) is 273 cm³/mol. The van der Waals surface area contributed by atoms with Crippen LogP contribution in [0.25, 0.3) is 32.7 Å². The van der Waals surface area contributed by atoms with Gasteiger partial charge in [-0.1, -0.05) is 67.3 Å². The van der Waals surface area contributed by atoms with Crippen LogP contribution >= 0.6 is 0 Å². The summed E-state index contributed by atoms with van der Waals surface area (Å²) in [5.74, 6) is -2.55. The Morgan fingerprint density at radius 2 is 1.74 bits per heavy atom. The predicted octanol–water partition coefficient (Wildman–Crippen LogP) is 6.98. The van der Waals surface area contributed by atoms with Gasteiger partial charge < -0.3 is 46.1 Å². The number of halogens is 1. The molecule has 19 nitrogen and oxygen atoms in total. The molecule has 0 saturated carbocycles. The van der Waals surface area contributed by atoms with Crippen LogP contribution in [0.3, 0.4) is 0 Å². The standard InChI is InChI=1S/C54H61FN10O9/c1-3-54(72)38-26-44-48-36(28-65(44)51(69)37(38)30-73-52(54)70)47-40(22-21-35-31(2)39(55)27-42(61-48)46(35)47)63-53(71)74-29-33-17-19-34(20-18-33)59-49(67)41(15-10-11-23-56)62-50(68)43(25-32-13-7-6-8-14-32)60-45(66)16-9-4-5-12-24-58-64-57/h6-8,13-14,17-20,26-27,40-41,43,72H,3-5,9-12,15-16,21-25,28-30,56H2,1-2H3,(H,59,67)(H,60,66)(H,62,68)(H,63,71)/t40-,41-,43-,54-/m0/s1. The average molecular weight is 1010 g/mol.